The van der Waals surface area contributed by atoms with Crippen LogP contribution in [-0.4, -0.2) is 18.3 Å². The number of amides is 1. The molecule has 0 spiro atoms. The third kappa shape index (κ3) is 6.54. The van der Waals surface area contributed by atoms with Gasteiger partial charge in [0.05, 0.1) is 6.61 Å². The summed E-state index contributed by atoms with van der Waals surface area (Å²) in [5.74, 6) is 0.633. The van der Waals surface area contributed by atoms with Crippen LogP contribution in [-0.2, 0) is 10.2 Å². The van der Waals surface area contributed by atoms with E-state index in [-0.39, 0.29) is 17.1 Å². The molecule has 0 saturated carbocycles. The Kier molecular flexibility index (Phi) is 7.24. The average molecular weight is 416 g/mol. The van der Waals surface area contributed by atoms with E-state index in [1.165, 1.54) is 5.56 Å². The van der Waals surface area contributed by atoms with Crippen LogP contribution in [0.5, 0.6) is 5.75 Å². The molecule has 0 heterocycles. The van der Waals surface area contributed by atoms with Crippen molar-refractivity contribution in [2.75, 3.05) is 11.9 Å². The number of hydrogen-bond acceptors (Lipinski definition) is 3. The van der Waals surface area contributed by atoms with Gasteiger partial charge in [0.25, 0.3) is 0 Å². The minimum atomic E-state index is -0.101. The van der Waals surface area contributed by atoms with E-state index in [4.69, 9.17) is 4.74 Å². The molecule has 0 saturated heterocycles. The van der Waals surface area contributed by atoms with E-state index in [0.29, 0.717) is 36.3 Å². The smallest absolute Gasteiger partial charge is 0.224 e. The Hall–Kier alpha value is -3.40. The second kappa shape index (κ2) is 10.1. The van der Waals surface area contributed by atoms with Crippen molar-refractivity contribution in [3.05, 3.63) is 95.6 Å². The molecular weight excluding hydrogens is 386 g/mol. The van der Waals surface area contributed by atoms with Crippen LogP contribution in [0.4, 0.5) is 5.69 Å². The van der Waals surface area contributed by atoms with Crippen molar-refractivity contribution >= 4 is 17.4 Å². The molecule has 0 aliphatic carbocycles. The normalized spacial score (nSPS) is 11.1. The molecule has 31 heavy (non-hydrogen) atoms. The third-order valence-corrected chi connectivity index (χ3v) is 4.98. The number of rotatable bonds is 8. The summed E-state index contributed by atoms with van der Waals surface area (Å²) in [4.78, 5) is 25.1. The van der Waals surface area contributed by atoms with Gasteiger partial charge < -0.3 is 10.1 Å². The Morgan fingerprint density at radius 1 is 0.839 bits per heavy atom. The number of ether oxygens (including phenoxy) is 1. The molecule has 0 aliphatic rings. The van der Waals surface area contributed by atoms with Gasteiger partial charge in [0.15, 0.2) is 5.78 Å². The fourth-order valence-corrected chi connectivity index (χ4v) is 3.19. The van der Waals surface area contributed by atoms with Crippen molar-refractivity contribution in [3.8, 4) is 5.75 Å². The van der Waals surface area contributed by atoms with Crippen LogP contribution >= 0.6 is 0 Å². The number of nitrogens with one attached hydrogen (secondary N) is 1. The fraction of sp³-hybridized carbons (Fsp3) is 0.259. The molecule has 4 nitrogen and oxygen atoms in total. The van der Waals surface area contributed by atoms with Crippen LogP contribution in [0.1, 0.15) is 55.1 Å². The van der Waals surface area contributed by atoms with Crippen molar-refractivity contribution in [1.82, 2.24) is 0 Å². The first-order valence-electron chi connectivity index (χ1n) is 10.6. The number of benzene rings is 3. The first-order chi connectivity index (χ1) is 14.8. The summed E-state index contributed by atoms with van der Waals surface area (Å²) in [6.45, 7) is 6.90. The highest BCUT2D eigenvalue weighted by Crippen LogP contribution is 2.23. The lowest BCUT2D eigenvalue weighted by molar-refractivity contribution is -0.116. The maximum absolute atomic E-state index is 12.9. The molecule has 1 amide bonds. The molecule has 0 unspecified atom stereocenters. The minimum absolute atomic E-state index is 0.0396. The summed E-state index contributed by atoms with van der Waals surface area (Å²) in [6.07, 6.45) is 0.957. The van der Waals surface area contributed by atoms with Gasteiger partial charge in [0.2, 0.25) is 5.91 Å². The predicted molar refractivity (Wildman–Crippen MR) is 125 cm³/mol. The van der Waals surface area contributed by atoms with Gasteiger partial charge in [-0.15, -0.1) is 0 Å². The number of anilines is 1. The zero-order valence-electron chi connectivity index (χ0n) is 18.4. The molecule has 1 N–H and O–H groups in total. The average Bonchev–Trinajstić information content (AvgIpc) is 2.76. The molecule has 3 aromatic rings. The number of ketones is 1. The van der Waals surface area contributed by atoms with Gasteiger partial charge in [0.1, 0.15) is 5.75 Å². The van der Waals surface area contributed by atoms with Gasteiger partial charge in [0, 0.05) is 23.2 Å². The molecule has 3 aromatic carbocycles. The number of carbonyl (C=O) groups is 2. The van der Waals surface area contributed by atoms with Crippen LogP contribution in [0.25, 0.3) is 0 Å². The van der Waals surface area contributed by atoms with Crippen molar-refractivity contribution in [3.63, 3.8) is 0 Å². The Morgan fingerprint density at radius 3 is 2.23 bits per heavy atom. The molecule has 0 atom stereocenters. The van der Waals surface area contributed by atoms with Gasteiger partial charge in [-0.3, -0.25) is 9.59 Å². The van der Waals surface area contributed by atoms with Crippen molar-refractivity contribution in [2.24, 2.45) is 0 Å². The van der Waals surface area contributed by atoms with Gasteiger partial charge >= 0.3 is 0 Å². The molecule has 0 bridgehead atoms. The second-order valence-electron chi connectivity index (χ2n) is 8.55. The Morgan fingerprint density at radius 2 is 1.55 bits per heavy atom. The molecule has 160 valence electrons. The highest BCUT2D eigenvalue weighted by atomic mass is 16.5. The van der Waals surface area contributed by atoms with Crippen molar-refractivity contribution < 1.29 is 14.3 Å². The van der Waals surface area contributed by atoms with Gasteiger partial charge in [-0.05, 0) is 41.7 Å². The molecule has 0 fully saturated rings. The lowest BCUT2D eigenvalue weighted by atomic mass is 9.86. The first-order valence-corrected chi connectivity index (χ1v) is 10.6. The first kappa shape index (κ1) is 22.3. The van der Waals surface area contributed by atoms with Gasteiger partial charge in [-0.1, -0.05) is 75.4 Å². The summed E-state index contributed by atoms with van der Waals surface area (Å²) < 4.78 is 5.61. The summed E-state index contributed by atoms with van der Waals surface area (Å²) in [5, 5.41) is 2.87. The van der Waals surface area contributed by atoms with E-state index in [9.17, 15) is 9.59 Å². The van der Waals surface area contributed by atoms with Gasteiger partial charge in [-0.25, -0.2) is 0 Å². The second-order valence-corrected chi connectivity index (χ2v) is 8.55. The summed E-state index contributed by atoms with van der Waals surface area (Å²) in [6, 6.07) is 24.3. The van der Waals surface area contributed by atoms with Crippen LogP contribution in [0, 0.1) is 0 Å². The molecule has 4 heteroatoms. The fourth-order valence-electron chi connectivity index (χ4n) is 3.19. The number of hydrogen-bond donors (Lipinski definition) is 1. The topological polar surface area (TPSA) is 55.4 Å². The lowest BCUT2D eigenvalue weighted by Crippen LogP contribution is -2.13. The van der Waals surface area contributed by atoms with Crippen LogP contribution < -0.4 is 10.1 Å². The minimum Gasteiger partial charge on any atom is -0.494 e. The Labute approximate surface area is 184 Å². The Balaban J connectivity index is 1.54. The summed E-state index contributed by atoms with van der Waals surface area (Å²) in [5.41, 5.74) is 3.02. The van der Waals surface area contributed by atoms with E-state index < -0.39 is 0 Å². The zero-order chi connectivity index (χ0) is 22.3. The molecule has 3 rings (SSSR count). The standard InChI is InChI=1S/C27H29NO3/c1-27(2,3)22-16-14-20(15-17-22)26(30)21-9-7-10-23(19-21)28-25(29)13-8-18-31-24-11-5-4-6-12-24/h4-7,9-12,14-17,19H,8,13,18H2,1-3H3,(H,28,29). The van der Waals surface area contributed by atoms with Crippen molar-refractivity contribution in [1.29, 1.82) is 0 Å². The van der Waals surface area contributed by atoms with E-state index >= 15 is 0 Å². The predicted octanol–water partition coefficient (Wildman–Crippen LogP) is 6.01. The largest absolute Gasteiger partial charge is 0.494 e. The van der Waals surface area contributed by atoms with E-state index in [0.717, 1.165) is 5.75 Å². The lowest BCUT2D eigenvalue weighted by Gasteiger charge is -2.19. The Bertz CT molecular complexity index is 1020. The highest BCUT2D eigenvalue weighted by Gasteiger charge is 2.15. The van der Waals surface area contributed by atoms with Crippen LogP contribution in [0.3, 0.4) is 0 Å². The molecule has 0 aliphatic heterocycles. The van der Waals surface area contributed by atoms with Crippen LogP contribution in [0.15, 0.2) is 78.9 Å². The summed E-state index contributed by atoms with van der Waals surface area (Å²) >= 11 is 0. The zero-order valence-corrected chi connectivity index (χ0v) is 18.4. The molecular formula is C27H29NO3. The molecule has 0 radical (unpaired) electrons. The van der Waals surface area contributed by atoms with E-state index in [2.05, 4.69) is 26.1 Å². The molecule has 0 aromatic heterocycles. The number of carbonyl (C=O) groups excluding carboxylic acids is 2. The van der Waals surface area contributed by atoms with Gasteiger partial charge in [-0.2, -0.15) is 0 Å². The van der Waals surface area contributed by atoms with Crippen LogP contribution in [0.2, 0.25) is 0 Å². The number of para-hydroxylation sites is 1. The quantitative estimate of drug-likeness (QED) is 0.362. The van der Waals surface area contributed by atoms with E-state index in [1.807, 2.05) is 54.6 Å². The third-order valence-electron chi connectivity index (χ3n) is 4.98. The SMILES string of the molecule is CC(C)(C)c1ccc(C(=O)c2cccc(NC(=O)CCCOc3ccccc3)c2)cc1. The van der Waals surface area contributed by atoms with E-state index in [1.54, 1.807) is 24.3 Å². The monoisotopic (exact) mass is 415 g/mol. The maximum atomic E-state index is 12.9. The highest BCUT2D eigenvalue weighted by molar-refractivity contribution is 6.09. The maximum Gasteiger partial charge on any atom is 0.224 e. The van der Waals surface area contributed by atoms with Crippen molar-refractivity contribution in [2.45, 2.75) is 39.0 Å². The summed E-state index contributed by atoms with van der Waals surface area (Å²) in [7, 11) is 0.